The predicted octanol–water partition coefficient (Wildman–Crippen LogP) is 3.21. The van der Waals surface area contributed by atoms with Gasteiger partial charge in [-0.15, -0.1) is 0 Å². The van der Waals surface area contributed by atoms with Gasteiger partial charge in [-0.3, -0.25) is 19.0 Å². The van der Waals surface area contributed by atoms with Crippen molar-refractivity contribution in [2.75, 3.05) is 20.3 Å². The number of amides is 2. The van der Waals surface area contributed by atoms with E-state index in [-0.39, 0.29) is 43.6 Å². The largest absolute Gasteiger partial charge is 0.493 e. The van der Waals surface area contributed by atoms with Crippen molar-refractivity contribution in [3.63, 3.8) is 0 Å². The molecule has 0 saturated heterocycles. The molecule has 2 amide bonds. The first-order valence-corrected chi connectivity index (χ1v) is 13.7. The Labute approximate surface area is 246 Å². The van der Waals surface area contributed by atoms with E-state index in [1.54, 1.807) is 42.7 Å². The number of hydrogen-bond donors (Lipinski definition) is 2. The van der Waals surface area contributed by atoms with E-state index in [1.165, 1.54) is 17.9 Å². The van der Waals surface area contributed by atoms with Crippen molar-refractivity contribution in [3.05, 3.63) is 113 Å². The van der Waals surface area contributed by atoms with Gasteiger partial charge in [0.1, 0.15) is 5.82 Å². The second-order valence-corrected chi connectivity index (χ2v) is 9.84. The molecular weight excluding hydrogens is 548 g/mol. The summed E-state index contributed by atoms with van der Waals surface area (Å²) in [6.07, 6.45) is 3.48. The summed E-state index contributed by atoms with van der Waals surface area (Å²) in [6, 6.07) is 23.5. The van der Waals surface area contributed by atoms with Gasteiger partial charge in [-0.25, -0.2) is 9.67 Å². The minimum absolute atomic E-state index is 0.181. The first kappa shape index (κ1) is 27.5. The molecule has 0 fully saturated rings. The van der Waals surface area contributed by atoms with Gasteiger partial charge in [0, 0.05) is 53.9 Å². The lowest BCUT2D eigenvalue weighted by Gasteiger charge is -2.14. The first-order chi connectivity index (χ1) is 21.0. The summed E-state index contributed by atoms with van der Waals surface area (Å²) < 4.78 is 14.4. The molecule has 216 valence electrons. The Morgan fingerprint density at radius 2 is 1.88 bits per heavy atom. The molecule has 0 radical (unpaired) electrons. The minimum atomic E-state index is -0.331. The summed E-state index contributed by atoms with van der Waals surface area (Å²) >= 11 is 0. The fraction of sp³-hybridized carbons (Fsp3) is 0.156. The van der Waals surface area contributed by atoms with Crippen LogP contribution in [0.4, 0.5) is 0 Å². The predicted molar refractivity (Wildman–Crippen MR) is 159 cm³/mol. The summed E-state index contributed by atoms with van der Waals surface area (Å²) in [6.45, 7) is 0.350. The number of fused-ring (bicyclic) bond motifs is 7. The molecule has 2 N–H and O–H groups in total. The van der Waals surface area contributed by atoms with Crippen LogP contribution < -0.4 is 25.7 Å². The van der Waals surface area contributed by atoms with Gasteiger partial charge >= 0.3 is 0 Å². The van der Waals surface area contributed by atoms with Gasteiger partial charge in [0.05, 0.1) is 19.3 Å². The molecule has 11 heteroatoms. The zero-order valence-electron chi connectivity index (χ0n) is 23.3. The number of ether oxygens (including phenoxy) is 2. The van der Waals surface area contributed by atoms with Crippen molar-refractivity contribution < 1.29 is 19.1 Å². The minimum Gasteiger partial charge on any atom is -0.493 e. The average Bonchev–Trinajstić information content (AvgIpc) is 3.54. The Morgan fingerprint density at radius 3 is 2.72 bits per heavy atom. The van der Waals surface area contributed by atoms with Crippen LogP contribution in [-0.4, -0.2) is 51.4 Å². The molecule has 5 aromatic rings. The van der Waals surface area contributed by atoms with E-state index < -0.39 is 0 Å². The molecule has 0 spiro atoms. The Kier molecular flexibility index (Phi) is 7.68. The van der Waals surface area contributed by atoms with Crippen LogP contribution in [0, 0.1) is 0 Å². The van der Waals surface area contributed by atoms with Crippen molar-refractivity contribution in [1.82, 2.24) is 30.0 Å². The SMILES string of the molecule is COc1ccc2cc1OCC(=O)NCc1cc(C(=O)NCCn3nc(-c4ccccc4)ccc3=O)cc(c1)-n1ccnc1-2. The number of nitrogens with zero attached hydrogens (tertiary/aromatic N) is 4. The topological polar surface area (TPSA) is 129 Å². The van der Waals surface area contributed by atoms with Crippen LogP contribution in [0.25, 0.3) is 28.3 Å². The highest BCUT2D eigenvalue weighted by atomic mass is 16.5. The smallest absolute Gasteiger partial charge is 0.266 e. The monoisotopic (exact) mass is 576 g/mol. The fourth-order valence-electron chi connectivity index (χ4n) is 4.84. The number of hydrogen-bond acceptors (Lipinski definition) is 7. The van der Waals surface area contributed by atoms with Crippen LogP contribution >= 0.6 is 0 Å². The molecular formula is C32H28N6O5. The summed E-state index contributed by atoms with van der Waals surface area (Å²) in [5.41, 5.74) is 3.84. The fourth-order valence-corrected chi connectivity index (χ4v) is 4.84. The van der Waals surface area contributed by atoms with Crippen molar-refractivity contribution in [3.8, 4) is 39.8 Å². The average molecular weight is 577 g/mol. The zero-order valence-corrected chi connectivity index (χ0v) is 23.3. The molecule has 3 aromatic carbocycles. The third kappa shape index (κ3) is 6.01. The van der Waals surface area contributed by atoms with Crippen molar-refractivity contribution in [2.45, 2.75) is 13.1 Å². The van der Waals surface area contributed by atoms with Crippen LogP contribution in [-0.2, 0) is 17.9 Å². The van der Waals surface area contributed by atoms with Crippen molar-refractivity contribution in [2.24, 2.45) is 0 Å². The third-order valence-corrected chi connectivity index (χ3v) is 6.97. The van der Waals surface area contributed by atoms with E-state index in [2.05, 4.69) is 20.7 Å². The number of aromatic nitrogens is 4. The second-order valence-electron chi connectivity index (χ2n) is 9.84. The molecule has 0 unspecified atom stereocenters. The van der Waals surface area contributed by atoms with Gasteiger partial charge in [-0.2, -0.15) is 5.10 Å². The third-order valence-electron chi connectivity index (χ3n) is 6.97. The van der Waals surface area contributed by atoms with E-state index in [1.807, 2.05) is 47.0 Å². The van der Waals surface area contributed by atoms with Gasteiger partial charge in [0.25, 0.3) is 17.4 Å². The van der Waals surface area contributed by atoms with Gasteiger partial charge in [-0.1, -0.05) is 30.3 Å². The molecule has 1 aliphatic rings. The van der Waals surface area contributed by atoms with E-state index in [0.29, 0.717) is 39.8 Å². The summed E-state index contributed by atoms with van der Waals surface area (Å²) in [4.78, 5) is 42.9. The number of methoxy groups -OCH3 is 1. The van der Waals surface area contributed by atoms with Gasteiger partial charge in [-0.05, 0) is 48.0 Å². The van der Waals surface area contributed by atoms with Crippen LogP contribution in [0.2, 0.25) is 0 Å². The molecule has 0 saturated carbocycles. The molecule has 4 bridgehead atoms. The van der Waals surface area contributed by atoms with Crippen LogP contribution in [0.15, 0.2) is 96.1 Å². The number of imidazole rings is 1. The van der Waals surface area contributed by atoms with Crippen molar-refractivity contribution >= 4 is 11.8 Å². The molecule has 1 aliphatic heterocycles. The zero-order chi connectivity index (χ0) is 29.8. The summed E-state index contributed by atoms with van der Waals surface area (Å²) in [5.74, 6) is 0.879. The lowest BCUT2D eigenvalue weighted by molar-refractivity contribution is -0.123. The normalized spacial score (nSPS) is 12.4. The van der Waals surface area contributed by atoms with E-state index >= 15 is 0 Å². The van der Waals surface area contributed by atoms with Gasteiger partial charge in [0.2, 0.25) is 0 Å². The standard InChI is InChI=1S/C32H28N6O5/c1-42-27-9-7-23-18-28(27)43-20-29(39)35-19-21-15-24(17-25(16-21)37-13-11-33-31(23)37)32(41)34-12-14-38-30(40)10-8-26(36-38)22-5-3-2-4-6-22/h2-11,13,15-18H,12,14,19-20H2,1H3,(H,34,41)(H,35,39). The Bertz CT molecular complexity index is 1860. The maximum absolute atomic E-state index is 13.3. The molecule has 43 heavy (non-hydrogen) atoms. The number of carbonyl (C=O) groups is 2. The maximum atomic E-state index is 13.3. The Balaban J connectivity index is 1.27. The number of rotatable bonds is 6. The summed E-state index contributed by atoms with van der Waals surface area (Å²) in [5, 5.41) is 10.2. The molecule has 11 nitrogen and oxygen atoms in total. The van der Waals surface area contributed by atoms with Crippen LogP contribution in [0.3, 0.4) is 0 Å². The molecule has 0 aliphatic carbocycles. The van der Waals surface area contributed by atoms with Crippen LogP contribution in [0.5, 0.6) is 11.5 Å². The maximum Gasteiger partial charge on any atom is 0.266 e. The lowest BCUT2D eigenvalue weighted by atomic mass is 10.1. The Hall–Kier alpha value is -5.71. The van der Waals surface area contributed by atoms with E-state index in [4.69, 9.17) is 9.47 Å². The van der Waals surface area contributed by atoms with Gasteiger partial charge in [0.15, 0.2) is 18.1 Å². The quantitative estimate of drug-likeness (QED) is 0.318. The number of nitrogens with one attached hydrogen (secondary N) is 2. The van der Waals surface area contributed by atoms with Gasteiger partial charge < -0.3 is 20.1 Å². The molecule has 6 rings (SSSR count). The number of carbonyl (C=O) groups excluding carboxylic acids is 2. The number of benzene rings is 3. The first-order valence-electron chi connectivity index (χ1n) is 13.7. The highest BCUT2D eigenvalue weighted by Crippen LogP contribution is 2.33. The highest BCUT2D eigenvalue weighted by molar-refractivity contribution is 5.95. The Morgan fingerprint density at radius 1 is 1.02 bits per heavy atom. The highest BCUT2D eigenvalue weighted by Gasteiger charge is 2.17. The molecule has 2 aromatic heterocycles. The van der Waals surface area contributed by atoms with E-state index in [9.17, 15) is 14.4 Å². The molecule has 0 atom stereocenters. The summed E-state index contributed by atoms with van der Waals surface area (Å²) in [7, 11) is 1.53. The van der Waals surface area contributed by atoms with Crippen LogP contribution in [0.1, 0.15) is 15.9 Å². The lowest BCUT2D eigenvalue weighted by Crippen LogP contribution is -2.32. The van der Waals surface area contributed by atoms with E-state index in [0.717, 1.165) is 11.1 Å². The second kappa shape index (κ2) is 12.0. The molecule has 3 heterocycles. The van der Waals surface area contributed by atoms with Crippen molar-refractivity contribution in [1.29, 1.82) is 0 Å².